The second-order valence-electron chi connectivity index (χ2n) is 11.0. The Morgan fingerprint density at radius 3 is 1.84 bits per heavy atom. The molecule has 234 valence electrons. The van der Waals surface area contributed by atoms with E-state index >= 15 is 0 Å². The molecule has 2 aromatic carbocycles. The summed E-state index contributed by atoms with van der Waals surface area (Å²) in [6.07, 6.45) is 0.550. The lowest BCUT2D eigenvalue weighted by Gasteiger charge is -2.18. The van der Waals surface area contributed by atoms with Gasteiger partial charge in [0.2, 0.25) is 11.2 Å². The van der Waals surface area contributed by atoms with Crippen LogP contribution in [-0.4, -0.2) is 40.1 Å². The quantitative estimate of drug-likeness (QED) is 0.133. The second kappa shape index (κ2) is 14.9. The van der Waals surface area contributed by atoms with E-state index in [2.05, 4.69) is 0 Å². The highest BCUT2D eigenvalue weighted by Crippen LogP contribution is 2.38. The molecule has 0 atom stereocenters. The van der Waals surface area contributed by atoms with Gasteiger partial charge in [-0.05, 0) is 76.8 Å². The number of hydrogen-bond acceptors (Lipinski definition) is 10. The molecule has 1 heterocycles. The lowest BCUT2D eigenvalue weighted by atomic mass is 9.97. The number of benzene rings is 2. The predicted octanol–water partition coefficient (Wildman–Crippen LogP) is 5.51. The molecular weight excluding hydrogens is 576 g/mol. The van der Waals surface area contributed by atoms with E-state index < -0.39 is 40.7 Å². The van der Waals surface area contributed by atoms with Gasteiger partial charge in [-0.15, -0.1) is 0 Å². The van der Waals surface area contributed by atoms with Crippen molar-refractivity contribution in [2.75, 3.05) is 0 Å². The highest BCUT2D eigenvalue weighted by molar-refractivity contribution is 5.86. The van der Waals surface area contributed by atoms with E-state index in [1.54, 1.807) is 39.0 Å². The zero-order valence-electron chi connectivity index (χ0n) is 24.7. The molecule has 0 aliphatic rings. The molecule has 44 heavy (non-hydrogen) atoms. The number of para-hydroxylation sites is 1. The summed E-state index contributed by atoms with van der Waals surface area (Å²) in [5.41, 5.74) is -1.19. The molecule has 12 nitrogen and oxygen atoms in total. The van der Waals surface area contributed by atoms with Gasteiger partial charge in [-0.2, -0.15) is 0 Å². The molecule has 0 amide bonds. The van der Waals surface area contributed by atoms with Gasteiger partial charge in [0.1, 0.15) is 5.58 Å². The van der Waals surface area contributed by atoms with E-state index in [0.717, 1.165) is 0 Å². The van der Waals surface area contributed by atoms with Gasteiger partial charge < -0.3 is 28.8 Å². The van der Waals surface area contributed by atoms with Gasteiger partial charge in [0.15, 0.2) is 17.3 Å². The molecule has 3 aromatic rings. The Morgan fingerprint density at radius 1 is 0.727 bits per heavy atom. The van der Waals surface area contributed by atoms with Gasteiger partial charge in [-0.1, -0.05) is 12.1 Å². The maximum absolute atomic E-state index is 13.5. The van der Waals surface area contributed by atoms with Crippen molar-refractivity contribution in [1.82, 2.24) is 0 Å². The minimum atomic E-state index is -0.997. The van der Waals surface area contributed by atoms with Gasteiger partial charge in [0.05, 0.1) is 10.8 Å². The molecule has 0 unspecified atom stereocenters. The third-order valence-electron chi connectivity index (χ3n) is 6.26. The third kappa shape index (κ3) is 9.51. The van der Waals surface area contributed by atoms with Crippen LogP contribution in [0, 0.1) is 5.41 Å². The van der Waals surface area contributed by atoms with Crippen molar-refractivity contribution in [3.05, 3.63) is 52.7 Å². The van der Waals surface area contributed by atoms with E-state index in [9.17, 15) is 28.8 Å². The van der Waals surface area contributed by atoms with Gasteiger partial charge >= 0.3 is 29.8 Å². The van der Waals surface area contributed by atoms with E-state index in [1.165, 1.54) is 24.3 Å². The average molecular weight is 611 g/mol. The third-order valence-corrected chi connectivity index (χ3v) is 6.26. The highest BCUT2D eigenvalue weighted by atomic mass is 16.6. The number of carbonyl (C=O) groups excluding carboxylic acids is 3. The standard InChI is InChI=1S/C32H34O12/c1-32(2,3)31(40)44-30-28(39)20-10-4-5-11-21(20)43-29(30)19-16-17-22(41-26(37)14-8-6-12-24(33)34)23(18-19)42-27(38)15-9-7-13-25(35)36/h4-5,10-11,16-18H,6-9,12-15H2,1-3H3,(H,33,34)(H,35,36). The molecule has 0 saturated heterocycles. The Morgan fingerprint density at radius 2 is 1.27 bits per heavy atom. The summed E-state index contributed by atoms with van der Waals surface area (Å²) in [6, 6.07) is 10.4. The molecule has 0 aliphatic carbocycles. The number of aliphatic carboxylic acids is 2. The fraction of sp³-hybridized carbons (Fsp3) is 0.375. The van der Waals surface area contributed by atoms with Crippen molar-refractivity contribution in [2.45, 2.75) is 72.1 Å². The Bertz CT molecular complexity index is 1610. The van der Waals surface area contributed by atoms with Gasteiger partial charge in [0.25, 0.3) is 0 Å². The number of ether oxygens (including phenoxy) is 3. The zero-order chi connectivity index (χ0) is 32.4. The molecular formula is C32H34O12. The van der Waals surface area contributed by atoms with Crippen LogP contribution < -0.4 is 19.6 Å². The summed E-state index contributed by atoms with van der Waals surface area (Å²) in [6.45, 7) is 4.86. The van der Waals surface area contributed by atoms with Crippen LogP contribution in [0.15, 0.2) is 51.7 Å². The molecule has 0 radical (unpaired) electrons. The first-order valence-corrected chi connectivity index (χ1v) is 14.0. The summed E-state index contributed by atoms with van der Waals surface area (Å²) in [7, 11) is 0. The van der Waals surface area contributed by atoms with Crippen molar-refractivity contribution in [3.63, 3.8) is 0 Å². The second-order valence-corrected chi connectivity index (χ2v) is 11.0. The topological polar surface area (TPSA) is 184 Å². The van der Waals surface area contributed by atoms with E-state index in [4.69, 9.17) is 28.8 Å². The van der Waals surface area contributed by atoms with Crippen molar-refractivity contribution in [2.24, 2.45) is 5.41 Å². The van der Waals surface area contributed by atoms with Crippen LogP contribution in [0.3, 0.4) is 0 Å². The first-order chi connectivity index (χ1) is 20.8. The Hall–Kier alpha value is -5.00. The zero-order valence-corrected chi connectivity index (χ0v) is 24.7. The summed E-state index contributed by atoms with van der Waals surface area (Å²) in [4.78, 5) is 72.9. The molecule has 1 aromatic heterocycles. The molecule has 0 aliphatic heterocycles. The van der Waals surface area contributed by atoms with Crippen molar-refractivity contribution in [3.8, 4) is 28.6 Å². The van der Waals surface area contributed by atoms with Crippen LogP contribution in [0.25, 0.3) is 22.3 Å². The summed E-state index contributed by atoms with van der Waals surface area (Å²) < 4.78 is 22.5. The molecule has 0 spiro atoms. The highest BCUT2D eigenvalue weighted by Gasteiger charge is 2.28. The van der Waals surface area contributed by atoms with Gasteiger partial charge in [-0.25, -0.2) is 0 Å². The lowest BCUT2D eigenvalue weighted by molar-refractivity contribution is -0.143. The number of carbonyl (C=O) groups is 5. The molecule has 12 heteroatoms. The Kier molecular flexibility index (Phi) is 11.4. The van der Waals surface area contributed by atoms with Crippen molar-refractivity contribution in [1.29, 1.82) is 0 Å². The van der Waals surface area contributed by atoms with Gasteiger partial charge in [0, 0.05) is 31.2 Å². The van der Waals surface area contributed by atoms with Crippen LogP contribution in [0.4, 0.5) is 0 Å². The summed E-state index contributed by atoms with van der Waals surface area (Å²) >= 11 is 0. The lowest BCUT2D eigenvalue weighted by Crippen LogP contribution is -2.28. The fourth-order valence-corrected chi connectivity index (χ4v) is 3.91. The Labute approximate surface area is 252 Å². The number of hydrogen-bond donors (Lipinski definition) is 2. The number of carboxylic acids is 2. The van der Waals surface area contributed by atoms with E-state index in [0.29, 0.717) is 0 Å². The smallest absolute Gasteiger partial charge is 0.316 e. The van der Waals surface area contributed by atoms with Gasteiger partial charge in [-0.3, -0.25) is 28.8 Å². The molecule has 0 fully saturated rings. The first-order valence-electron chi connectivity index (χ1n) is 14.0. The fourth-order valence-electron chi connectivity index (χ4n) is 3.91. The van der Waals surface area contributed by atoms with E-state index in [-0.39, 0.29) is 90.9 Å². The SMILES string of the molecule is CC(C)(C)C(=O)Oc1c(-c2ccc(OC(=O)CCCCC(=O)O)c(OC(=O)CCCCC(=O)O)c2)oc2ccccc2c1=O. The number of unbranched alkanes of at least 4 members (excludes halogenated alkanes) is 2. The molecule has 0 saturated carbocycles. The average Bonchev–Trinajstić information content (AvgIpc) is 2.95. The number of carboxylic acid groups (broad SMARTS) is 2. The predicted molar refractivity (Wildman–Crippen MR) is 156 cm³/mol. The van der Waals surface area contributed by atoms with Crippen molar-refractivity contribution < 1.29 is 52.8 Å². The first kappa shape index (κ1) is 33.5. The largest absolute Gasteiger partial charge is 0.481 e. The Balaban J connectivity index is 2.02. The van der Waals surface area contributed by atoms with Crippen LogP contribution in [-0.2, 0) is 24.0 Å². The van der Waals surface area contributed by atoms with E-state index in [1.807, 2.05) is 0 Å². The van der Waals surface area contributed by atoms with Crippen LogP contribution in [0.1, 0.15) is 72.1 Å². The maximum Gasteiger partial charge on any atom is 0.316 e. The molecule has 2 N–H and O–H groups in total. The normalized spacial score (nSPS) is 11.2. The molecule has 3 rings (SSSR count). The number of esters is 3. The number of fused-ring (bicyclic) bond motifs is 1. The summed E-state index contributed by atoms with van der Waals surface area (Å²) in [5.74, 6) is -4.94. The maximum atomic E-state index is 13.5. The number of rotatable bonds is 14. The minimum Gasteiger partial charge on any atom is -0.481 e. The monoisotopic (exact) mass is 610 g/mol. The minimum absolute atomic E-state index is 0.0932. The molecule has 0 bridgehead atoms. The van der Waals surface area contributed by atoms with Crippen molar-refractivity contribution >= 4 is 40.8 Å². The van der Waals surface area contributed by atoms with Crippen LogP contribution in [0.2, 0.25) is 0 Å². The van der Waals surface area contributed by atoms with Crippen LogP contribution >= 0.6 is 0 Å². The summed E-state index contributed by atoms with van der Waals surface area (Å²) in [5, 5.41) is 17.8. The van der Waals surface area contributed by atoms with Crippen LogP contribution in [0.5, 0.6) is 17.2 Å².